The maximum Gasteiger partial charge on any atom is 0.196 e. The molecule has 5 nitrogen and oxygen atoms in total. The van der Waals surface area contributed by atoms with Crippen molar-refractivity contribution in [2.45, 2.75) is 26.8 Å². The molecule has 0 aromatic carbocycles. The van der Waals surface area contributed by atoms with Gasteiger partial charge in [0.2, 0.25) is 0 Å². The Morgan fingerprint density at radius 2 is 2.31 bits per heavy atom. The topological polar surface area (TPSA) is 73.8 Å². The van der Waals surface area contributed by atoms with Gasteiger partial charge in [0.1, 0.15) is 5.69 Å². The van der Waals surface area contributed by atoms with Crippen LogP contribution < -0.4 is 5.73 Å². The molecule has 0 radical (unpaired) electrons. The third kappa shape index (κ3) is 1.92. The van der Waals surface area contributed by atoms with Crippen LogP contribution in [-0.4, -0.2) is 27.3 Å². The molecule has 0 aliphatic carbocycles. The first-order valence-corrected chi connectivity index (χ1v) is 4.34. The molecule has 0 saturated heterocycles. The first-order valence-electron chi connectivity index (χ1n) is 4.34. The fraction of sp³-hybridized carbons (Fsp3) is 0.625. The van der Waals surface area contributed by atoms with Crippen LogP contribution in [0.1, 0.15) is 29.5 Å². The number of hydrogen-bond donors (Lipinski definition) is 1. The summed E-state index contributed by atoms with van der Waals surface area (Å²) in [5.41, 5.74) is 6.48. The van der Waals surface area contributed by atoms with Crippen LogP contribution >= 0.6 is 0 Å². The first kappa shape index (κ1) is 9.85. The molecule has 0 aliphatic rings. The highest BCUT2D eigenvalue weighted by atomic mass is 16.1. The smallest absolute Gasteiger partial charge is 0.196 e. The molecule has 13 heavy (non-hydrogen) atoms. The van der Waals surface area contributed by atoms with Crippen LogP contribution in [-0.2, 0) is 6.54 Å². The molecule has 0 aliphatic heterocycles. The molecule has 0 bridgehead atoms. The van der Waals surface area contributed by atoms with Gasteiger partial charge in [-0.15, -0.1) is 5.10 Å². The Morgan fingerprint density at radius 3 is 2.85 bits per heavy atom. The highest BCUT2D eigenvalue weighted by molar-refractivity contribution is 5.96. The molecule has 0 spiro atoms. The molecular weight excluding hydrogens is 168 g/mol. The molecule has 1 aromatic rings. The number of carbonyl (C=O) groups is 1. The van der Waals surface area contributed by atoms with Crippen molar-refractivity contribution in [1.82, 2.24) is 15.0 Å². The lowest BCUT2D eigenvalue weighted by Gasteiger charge is -2.02. The number of aryl methyl sites for hydroxylation is 2. The van der Waals surface area contributed by atoms with Crippen LogP contribution in [0.15, 0.2) is 0 Å². The predicted molar refractivity (Wildman–Crippen MR) is 48.4 cm³/mol. The molecule has 0 fully saturated rings. The molecule has 0 atom stereocenters. The van der Waals surface area contributed by atoms with Gasteiger partial charge in [-0.1, -0.05) is 12.1 Å². The molecule has 0 amide bonds. The van der Waals surface area contributed by atoms with E-state index < -0.39 is 0 Å². The van der Waals surface area contributed by atoms with Gasteiger partial charge in [-0.2, -0.15) is 0 Å². The normalized spacial score (nSPS) is 10.4. The summed E-state index contributed by atoms with van der Waals surface area (Å²) in [5, 5.41) is 7.71. The van der Waals surface area contributed by atoms with E-state index in [0.717, 1.165) is 6.42 Å². The Bertz CT molecular complexity index is 305. The maximum atomic E-state index is 11.4. The molecule has 2 N–H and O–H groups in total. The minimum atomic E-state index is -0.101. The van der Waals surface area contributed by atoms with E-state index >= 15 is 0 Å². The van der Waals surface area contributed by atoms with Gasteiger partial charge >= 0.3 is 0 Å². The van der Waals surface area contributed by atoms with Crippen LogP contribution in [0.4, 0.5) is 0 Å². The third-order valence-corrected chi connectivity index (χ3v) is 1.79. The van der Waals surface area contributed by atoms with E-state index in [4.69, 9.17) is 5.73 Å². The summed E-state index contributed by atoms with van der Waals surface area (Å²) in [6.45, 7) is 4.51. The van der Waals surface area contributed by atoms with E-state index in [9.17, 15) is 4.79 Å². The zero-order valence-corrected chi connectivity index (χ0v) is 7.95. The van der Waals surface area contributed by atoms with Crippen LogP contribution in [0, 0.1) is 6.92 Å². The summed E-state index contributed by atoms with van der Waals surface area (Å²) in [6, 6.07) is 0. The lowest BCUT2D eigenvalue weighted by Crippen LogP contribution is -2.19. The predicted octanol–water partition coefficient (Wildman–Crippen LogP) is 0.138. The number of hydrogen-bond acceptors (Lipinski definition) is 4. The second-order valence-electron chi connectivity index (χ2n) is 2.87. The monoisotopic (exact) mass is 182 g/mol. The summed E-state index contributed by atoms with van der Waals surface area (Å²) in [6.07, 6.45) is 0.924. The number of aromatic nitrogens is 3. The van der Waals surface area contributed by atoms with E-state index in [1.54, 1.807) is 11.6 Å². The Kier molecular flexibility index (Phi) is 3.13. The minimum absolute atomic E-state index is 0.0118. The highest BCUT2D eigenvalue weighted by Gasteiger charge is 2.14. The SMILES string of the molecule is CCCn1nnc(C)c1C(=O)CN. The average molecular weight is 182 g/mol. The molecule has 1 rings (SSSR count). The van der Waals surface area contributed by atoms with Crippen molar-refractivity contribution in [1.29, 1.82) is 0 Å². The van der Waals surface area contributed by atoms with Gasteiger partial charge < -0.3 is 5.73 Å². The van der Waals surface area contributed by atoms with Crippen molar-refractivity contribution in [3.8, 4) is 0 Å². The van der Waals surface area contributed by atoms with Crippen molar-refractivity contribution < 1.29 is 4.79 Å². The molecule has 1 heterocycles. The van der Waals surface area contributed by atoms with Crippen LogP contribution in [0.3, 0.4) is 0 Å². The fourth-order valence-electron chi connectivity index (χ4n) is 1.21. The molecule has 0 unspecified atom stereocenters. The largest absolute Gasteiger partial charge is 0.324 e. The summed E-state index contributed by atoms with van der Waals surface area (Å²) in [7, 11) is 0. The molecule has 1 aromatic heterocycles. The maximum absolute atomic E-state index is 11.4. The molecule has 5 heteroatoms. The summed E-state index contributed by atoms with van der Waals surface area (Å²) < 4.78 is 1.62. The van der Waals surface area contributed by atoms with Gasteiger partial charge in [0.15, 0.2) is 5.78 Å². The number of Topliss-reactive ketones (excluding diaryl/α,β-unsaturated/α-hetero) is 1. The van der Waals surface area contributed by atoms with Crippen molar-refractivity contribution in [2.75, 3.05) is 6.54 Å². The second kappa shape index (κ2) is 4.13. The Labute approximate surface area is 76.9 Å². The molecular formula is C8H14N4O. The highest BCUT2D eigenvalue weighted by Crippen LogP contribution is 2.05. The Balaban J connectivity index is 3.01. The number of carbonyl (C=O) groups excluding carboxylic acids is 1. The van der Waals surface area contributed by atoms with E-state index in [1.807, 2.05) is 6.92 Å². The number of nitrogens with two attached hydrogens (primary N) is 1. The number of ketones is 1. The van der Waals surface area contributed by atoms with E-state index in [0.29, 0.717) is 17.9 Å². The van der Waals surface area contributed by atoms with Crippen molar-refractivity contribution in [2.24, 2.45) is 5.73 Å². The van der Waals surface area contributed by atoms with E-state index in [2.05, 4.69) is 10.3 Å². The van der Waals surface area contributed by atoms with Crippen molar-refractivity contribution >= 4 is 5.78 Å². The summed E-state index contributed by atoms with van der Waals surface area (Å²) in [4.78, 5) is 11.4. The van der Waals surface area contributed by atoms with E-state index in [-0.39, 0.29) is 12.3 Å². The van der Waals surface area contributed by atoms with Gasteiger partial charge in [0.05, 0.1) is 12.2 Å². The van der Waals surface area contributed by atoms with Crippen molar-refractivity contribution in [3.05, 3.63) is 11.4 Å². The van der Waals surface area contributed by atoms with E-state index in [1.165, 1.54) is 0 Å². The Morgan fingerprint density at radius 1 is 1.62 bits per heavy atom. The van der Waals surface area contributed by atoms with Crippen LogP contribution in [0.2, 0.25) is 0 Å². The lowest BCUT2D eigenvalue weighted by molar-refractivity contribution is 0.0990. The average Bonchev–Trinajstić information content (AvgIpc) is 2.47. The standard InChI is InChI=1S/C8H14N4O/c1-3-4-12-8(7(13)5-9)6(2)10-11-12/h3-5,9H2,1-2H3. The lowest BCUT2D eigenvalue weighted by atomic mass is 10.2. The zero-order chi connectivity index (χ0) is 9.84. The number of nitrogens with zero attached hydrogens (tertiary/aromatic N) is 3. The van der Waals surface area contributed by atoms with Crippen LogP contribution in [0.5, 0.6) is 0 Å². The Hall–Kier alpha value is -1.23. The summed E-state index contributed by atoms with van der Waals surface area (Å²) in [5.74, 6) is -0.101. The summed E-state index contributed by atoms with van der Waals surface area (Å²) >= 11 is 0. The van der Waals surface area contributed by atoms with Gasteiger partial charge in [0.25, 0.3) is 0 Å². The van der Waals surface area contributed by atoms with Gasteiger partial charge in [-0.25, -0.2) is 4.68 Å². The third-order valence-electron chi connectivity index (χ3n) is 1.79. The van der Waals surface area contributed by atoms with Gasteiger partial charge in [0, 0.05) is 6.54 Å². The van der Waals surface area contributed by atoms with Crippen LogP contribution in [0.25, 0.3) is 0 Å². The second-order valence-corrected chi connectivity index (χ2v) is 2.87. The first-order chi connectivity index (χ1) is 6.20. The molecule has 0 saturated carbocycles. The fourth-order valence-corrected chi connectivity index (χ4v) is 1.21. The number of rotatable bonds is 4. The zero-order valence-electron chi connectivity index (χ0n) is 7.95. The van der Waals surface area contributed by atoms with Gasteiger partial charge in [-0.3, -0.25) is 4.79 Å². The minimum Gasteiger partial charge on any atom is -0.324 e. The quantitative estimate of drug-likeness (QED) is 0.672. The van der Waals surface area contributed by atoms with Crippen molar-refractivity contribution in [3.63, 3.8) is 0 Å². The molecule has 72 valence electrons. The van der Waals surface area contributed by atoms with Gasteiger partial charge in [-0.05, 0) is 13.3 Å².